The van der Waals surface area contributed by atoms with Gasteiger partial charge >= 0.3 is 6.36 Å². The quantitative estimate of drug-likeness (QED) is 0.930. The highest BCUT2D eigenvalue weighted by atomic mass is 35.5. The van der Waals surface area contributed by atoms with E-state index in [4.69, 9.17) is 10.5 Å². The van der Waals surface area contributed by atoms with E-state index in [1.807, 2.05) is 0 Å². The van der Waals surface area contributed by atoms with Crippen molar-refractivity contribution in [1.82, 2.24) is 0 Å². The van der Waals surface area contributed by atoms with Crippen LogP contribution in [0.1, 0.15) is 24.4 Å². The van der Waals surface area contributed by atoms with Crippen molar-refractivity contribution in [2.45, 2.75) is 25.2 Å². The van der Waals surface area contributed by atoms with Gasteiger partial charge in [-0.2, -0.15) is 0 Å². The van der Waals surface area contributed by atoms with Crippen molar-refractivity contribution in [2.75, 3.05) is 13.2 Å². The smallest absolute Gasteiger partial charge is 0.406 e. The lowest BCUT2D eigenvalue weighted by atomic mass is 9.88. The molecule has 1 aliphatic heterocycles. The Morgan fingerprint density at radius 3 is 2.50 bits per heavy atom. The predicted molar refractivity (Wildman–Crippen MR) is 70.8 cm³/mol. The lowest BCUT2D eigenvalue weighted by Gasteiger charge is -2.28. The van der Waals surface area contributed by atoms with Crippen LogP contribution in [0.4, 0.5) is 13.2 Å². The summed E-state index contributed by atoms with van der Waals surface area (Å²) in [7, 11) is 0. The summed E-state index contributed by atoms with van der Waals surface area (Å²) in [5.74, 6) is 0.00222. The molecule has 3 nitrogen and oxygen atoms in total. The van der Waals surface area contributed by atoms with Crippen LogP contribution < -0.4 is 10.5 Å². The van der Waals surface area contributed by atoms with Gasteiger partial charge in [-0.15, -0.1) is 25.6 Å². The van der Waals surface area contributed by atoms with Crippen molar-refractivity contribution in [2.24, 2.45) is 11.7 Å². The molecule has 0 saturated carbocycles. The van der Waals surface area contributed by atoms with Gasteiger partial charge in [-0.3, -0.25) is 0 Å². The molecule has 1 fully saturated rings. The second-order valence-corrected chi connectivity index (χ2v) is 4.60. The van der Waals surface area contributed by atoms with Crippen LogP contribution in [0.15, 0.2) is 24.3 Å². The Morgan fingerprint density at radius 1 is 1.25 bits per heavy atom. The van der Waals surface area contributed by atoms with Gasteiger partial charge in [0.1, 0.15) is 5.75 Å². The molecule has 114 valence electrons. The van der Waals surface area contributed by atoms with Crippen molar-refractivity contribution in [3.8, 4) is 5.75 Å². The first kappa shape index (κ1) is 17.1. The molecule has 0 aliphatic carbocycles. The van der Waals surface area contributed by atoms with E-state index in [0.29, 0.717) is 18.8 Å². The summed E-state index contributed by atoms with van der Waals surface area (Å²) in [5, 5.41) is 0. The summed E-state index contributed by atoms with van der Waals surface area (Å²) < 4.78 is 45.6. The number of halogens is 4. The Balaban J connectivity index is 0.00000200. The van der Waals surface area contributed by atoms with Crippen LogP contribution in [-0.2, 0) is 4.74 Å². The first-order valence-corrected chi connectivity index (χ1v) is 6.15. The molecular weight excluding hydrogens is 295 g/mol. The van der Waals surface area contributed by atoms with Gasteiger partial charge in [0.15, 0.2) is 0 Å². The first-order chi connectivity index (χ1) is 8.96. The molecule has 1 saturated heterocycles. The highest BCUT2D eigenvalue weighted by Crippen LogP contribution is 2.31. The fraction of sp³-hybridized carbons (Fsp3) is 0.538. The van der Waals surface area contributed by atoms with E-state index >= 15 is 0 Å². The van der Waals surface area contributed by atoms with Crippen molar-refractivity contribution < 1.29 is 22.6 Å². The number of ether oxygens (including phenoxy) is 2. The minimum absolute atomic E-state index is 0. The third kappa shape index (κ3) is 4.85. The van der Waals surface area contributed by atoms with Crippen molar-refractivity contribution >= 4 is 12.4 Å². The van der Waals surface area contributed by atoms with Crippen LogP contribution in [0.3, 0.4) is 0 Å². The molecule has 1 heterocycles. The van der Waals surface area contributed by atoms with Gasteiger partial charge in [-0.1, -0.05) is 12.1 Å². The molecule has 0 spiro atoms. The van der Waals surface area contributed by atoms with Crippen molar-refractivity contribution in [3.05, 3.63) is 29.8 Å². The highest BCUT2D eigenvalue weighted by Gasteiger charge is 2.31. The Bertz CT molecular complexity index is 422. The molecule has 0 unspecified atom stereocenters. The van der Waals surface area contributed by atoms with Gasteiger partial charge in [0.2, 0.25) is 0 Å². The zero-order valence-corrected chi connectivity index (χ0v) is 11.5. The van der Waals surface area contributed by atoms with Crippen LogP contribution in [0, 0.1) is 5.92 Å². The number of nitrogens with two attached hydrogens (primary N) is 1. The summed E-state index contributed by atoms with van der Waals surface area (Å²) in [6.07, 6.45) is -3.03. The first-order valence-electron chi connectivity index (χ1n) is 6.15. The lowest BCUT2D eigenvalue weighted by Crippen LogP contribution is -2.27. The molecule has 1 aliphatic rings. The molecule has 2 rings (SSSR count). The van der Waals surface area contributed by atoms with Gasteiger partial charge in [0.25, 0.3) is 0 Å². The average molecular weight is 312 g/mol. The monoisotopic (exact) mass is 311 g/mol. The summed E-state index contributed by atoms with van der Waals surface area (Å²) in [4.78, 5) is 0. The summed E-state index contributed by atoms with van der Waals surface area (Å²) >= 11 is 0. The zero-order valence-electron chi connectivity index (χ0n) is 10.7. The Morgan fingerprint density at radius 2 is 1.90 bits per heavy atom. The largest absolute Gasteiger partial charge is 0.573 e. The van der Waals surface area contributed by atoms with E-state index in [1.165, 1.54) is 18.2 Å². The van der Waals surface area contributed by atoms with E-state index in [1.54, 1.807) is 6.07 Å². The molecule has 0 amide bonds. The van der Waals surface area contributed by atoms with Crippen molar-refractivity contribution in [3.63, 3.8) is 0 Å². The number of benzene rings is 1. The molecule has 0 bridgehead atoms. The summed E-state index contributed by atoms with van der Waals surface area (Å²) in [6, 6.07) is 5.58. The third-order valence-corrected chi connectivity index (χ3v) is 3.25. The van der Waals surface area contributed by atoms with Gasteiger partial charge < -0.3 is 15.2 Å². The topological polar surface area (TPSA) is 44.5 Å². The second-order valence-electron chi connectivity index (χ2n) is 4.60. The van der Waals surface area contributed by atoms with Crippen LogP contribution in [-0.4, -0.2) is 19.6 Å². The van der Waals surface area contributed by atoms with E-state index < -0.39 is 6.36 Å². The summed E-state index contributed by atoms with van der Waals surface area (Å²) in [6.45, 7) is 1.30. The van der Waals surface area contributed by atoms with Gasteiger partial charge in [0.05, 0.1) is 0 Å². The highest BCUT2D eigenvalue weighted by molar-refractivity contribution is 5.85. The molecule has 1 atom stereocenters. The van der Waals surface area contributed by atoms with E-state index in [9.17, 15) is 13.2 Å². The standard InChI is InChI=1S/C13H16F3NO2.ClH/c14-13(15,16)19-11-3-1-2-10(8-11)12(17)9-4-6-18-7-5-9;/h1-3,8-9,12H,4-7,17H2;1H/t12-;/m1./s1. The van der Waals surface area contributed by atoms with Crippen molar-refractivity contribution in [1.29, 1.82) is 0 Å². The fourth-order valence-electron chi connectivity index (χ4n) is 2.27. The van der Waals surface area contributed by atoms with E-state index in [0.717, 1.165) is 12.8 Å². The molecule has 1 aromatic rings. The fourth-order valence-corrected chi connectivity index (χ4v) is 2.27. The van der Waals surface area contributed by atoms with Crippen LogP contribution in [0.5, 0.6) is 5.75 Å². The molecule has 0 radical (unpaired) electrons. The van der Waals surface area contributed by atoms with Gasteiger partial charge in [-0.25, -0.2) is 0 Å². The summed E-state index contributed by atoms with van der Waals surface area (Å²) in [5.41, 5.74) is 6.77. The van der Waals surface area contributed by atoms with Crippen LogP contribution >= 0.6 is 12.4 Å². The molecule has 1 aromatic carbocycles. The second kappa shape index (κ2) is 7.15. The van der Waals surface area contributed by atoms with E-state index in [-0.39, 0.29) is 30.1 Å². The zero-order chi connectivity index (χ0) is 13.9. The minimum Gasteiger partial charge on any atom is -0.406 e. The molecule has 0 aromatic heterocycles. The Kier molecular flexibility index (Phi) is 6.10. The SMILES string of the molecule is Cl.N[C@@H](c1cccc(OC(F)(F)F)c1)C1CCOCC1. The average Bonchev–Trinajstić information content (AvgIpc) is 2.37. The lowest BCUT2D eigenvalue weighted by molar-refractivity contribution is -0.274. The normalized spacial score (nSPS) is 18.2. The molecule has 20 heavy (non-hydrogen) atoms. The number of rotatable bonds is 3. The number of hydrogen-bond donors (Lipinski definition) is 1. The van der Waals surface area contributed by atoms with Crippen LogP contribution in [0.2, 0.25) is 0 Å². The predicted octanol–water partition coefficient (Wildman–Crippen LogP) is 3.43. The molecule has 2 N–H and O–H groups in total. The van der Waals surface area contributed by atoms with Crippen LogP contribution in [0.25, 0.3) is 0 Å². The number of alkyl halides is 3. The van der Waals surface area contributed by atoms with Gasteiger partial charge in [0, 0.05) is 19.3 Å². The van der Waals surface area contributed by atoms with Gasteiger partial charge in [-0.05, 0) is 36.5 Å². The Hall–Kier alpha value is -0.980. The maximum Gasteiger partial charge on any atom is 0.573 e. The maximum absolute atomic E-state index is 12.2. The molecule has 7 heteroatoms. The third-order valence-electron chi connectivity index (χ3n) is 3.25. The Labute approximate surface area is 121 Å². The van der Waals surface area contributed by atoms with E-state index in [2.05, 4.69) is 4.74 Å². The maximum atomic E-state index is 12.2. The minimum atomic E-state index is -4.68. The number of hydrogen-bond acceptors (Lipinski definition) is 3. The molecular formula is C13H17ClF3NO2.